The number of aromatic nitrogens is 3. The third kappa shape index (κ3) is 5.92. The number of benzene rings is 2. The van der Waals surface area contributed by atoms with Crippen LogP contribution < -0.4 is 10.6 Å². The monoisotopic (exact) mass is 497 g/mol. The van der Waals surface area contributed by atoms with Crippen molar-refractivity contribution in [3.63, 3.8) is 0 Å². The number of carbonyl (C=O) groups excluding carboxylic acids is 2. The molecular weight excluding hydrogens is 481 g/mol. The van der Waals surface area contributed by atoms with Crippen LogP contribution in [0, 0.1) is 0 Å². The first-order valence-corrected chi connectivity index (χ1v) is 11.2. The number of hydrogen-bond donors (Lipinski definition) is 2. The Morgan fingerprint density at radius 2 is 1.81 bits per heavy atom. The standard InChI is InChI=1S/C20H18Cl3N5O2S/c1-11(24-19(30)12-7-8-13(21)15(23)9-12)18-26-27-20(28(18)2)31-10-17(29)25-16-6-4-3-5-14(16)22/h3-9,11H,10H2,1-2H3,(H,24,30)(H,25,29)/t11-/m0/s1. The molecule has 0 radical (unpaired) electrons. The van der Waals surface area contributed by atoms with Crippen molar-refractivity contribution in [2.45, 2.75) is 18.1 Å². The molecule has 0 saturated heterocycles. The first-order valence-electron chi connectivity index (χ1n) is 9.08. The number of rotatable bonds is 7. The van der Waals surface area contributed by atoms with Crippen molar-refractivity contribution in [2.24, 2.45) is 7.05 Å². The molecule has 1 aromatic heterocycles. The maximum Gasteiger partial charge on any atom is 0.251 e. The Kier molecular flexibility index (Phi) is 7.83. The van der Waals surface area contributed by atoms with Gasteiger partial charge in [-0.25, -0.2) is 0 Å². The molecule has 1 atom stereocenters. The third-order valence-corrected chi connectivity index (χ3v) is 6.35. The maximum atomic E-state index is 12.5. The van der Waals surface area contributed by atoms with Gasteiger partial charge in [0.25, 0.3) is 5.91 Å². The van der Waals surface area contributed by atoms with Crippen molar-refractivity contribution in [2.75, 3.05) is 11.1 Å². The van der Waals surface area contributed by atoms with Crippen LogP contribution in [-0.2, 0) is 11.8 Å². The second kappa shape index (κ2) is 10.4. The van der Waals surface area contributed by atoms with E-state index in [1.54, 1.807) is 54.9 Å². The van der Waals surface area contributed by atoms with Gasteiger partial charge in [-0.15, -0.1) is 10.2 Å². The van der Waals surface area contributed by atoms with Crippen LogP contribution in [0.3, 0.4) is 0 Å². The second-order valence-corrected chi connectivity index (χ2v) is 8.70. The van der Waals surface area contributed by atoms with Crippen LogP contribution in [0.25, 0.3) is 0 Å². The van der Waals surface area contributed by atoms with Gasteiger partial charge in [-0.1, -0.05) is 58.7 Å². The molecule has 0 fully saturated rings. The predicted octanol–water partition coefficient (Wildman–Crippen LogP) is 5.00. The molecule has 2 amide bonds. The van der Waals surface area contributed by atoms with Gasteiger partial charge in [0.05, 0.1) is 32.5 Å². The van der Waals surface area contributed by atoms with Gasteiger partial charge < -0.3 is 15.2 Å². The van der Waals surface area contributed by atoms with Crippen molar-refractivity contribution in [1.29, 1.82) is 0 Å². The van der Waals surface area contributed by atoms with E-state index in [-0.39, 0.29) is 17.6 Å². The Labute approximate surface area is 198 Å². The summed E-state index contributed by atoms with van der Waals surface area (Å²) in [5.74, 6) is 0.134. The van der Waals surface area contributed by atoms with E-state index in [1.807, 2.05) is 0 Å². The number of carbonyl (C=O) groups is 2. The lowest BCUT2D eigenvalue weighted by Crippen LogP contribution is -2.28. The highest BCUT2D eigenvalue weighted by Crippen LogP contribution is 2.24. The minimum atomic E-state index is -0.425. The fraction of sp³-hybridized carbons (Fsp3) is 0.200. The third-order valence-electron chi connectivity index (χ3n) is 4.27. The Bertz CT molecular complexity index is 1120. The zero-order valence-corrected chi connectivity index (χ0v) is 19.6. The van der Waals surface area contributed by atoms with E-state index in [0.717, 1.165) is 0 Å². The van der Waals surface area contributed by atoms with E-state index in [0.29, 0.717) is 37.3 Å². The van der Waals surface area contributed by atoms with Crippen LogP contribution in [0.2, 0.25) is 15.1 Å². The first-order chi connectivity index (χ1) is 14.8. The molecule has 0 aliphatic carbocycles. The SMILES string of the molecule is C[C@H](NC(=O)c1ccc(Cl)c(Cl)c1)c1nnc(SCC(=O)Nc2ccccc2Cl)n1C. The average molecular weight is 499 g/mol. The van der Waals surface area contributed by atoms with Crippen LogP contribution in [-0.4, -0.2) is 32.3 Å². The highest BCUT2D eigenvalue weighted by Gasteiger charge is 2.19. The van der Waals surface area contributed by atoms with Crippen molar-refractivity contribution in [3.05, 3.63) is 68.9 Å². The molecule has 2 aromatic carbocycles. The summed E-state index contributed by atoms with van der Waals surface area (Å²) in [5, 5.41) is 15.6. The molecule has 3 rings (SSSR count). The summed E-state index contributed by atoms with van der Waals surface area (Å²) < 4.78 is 1.73. The number of halogens is 3. The number of nitrogens with one attached hydrogen (secondary N) is 2. The molecule has 0 aliphatic heterocycles. The predicted molar refractivity (Wildman–Crippen MR) is 124 cm³/mol. The van der Waals surface area contributed by atoms with Gasteiger partial charge in [-0.2, -0.15) is 0 Å². The fourth-order valence-corrected chi connectivity index (χ4v) is 3.89. The Morgan fingerprint density at radius 3 is 2.52 bits per heavy atom. The molecule has 0 saturated carbocycles. The second-order valence-electron chi connectivity index (χ2n) is 6.54. The van der Waals surface area contributed by atoms with Crippen LogP contribution in [0.5, 0.6) is 0 Å². The van der Waals surface area contributed by atoms with Gasteiger partial charge in [0, 0.05) is 12.6 Å². The molecule has 0 unspecified atom stereocenters. The van der Waals surface area contributed by atoms with Crippen molar-refractivity contribution < 1.29 is 9.59 Å². The van der Waals surface area contributed by atoms with Gasteiger partial charge >= 0.3 is 0 Å². The molecular formula is C20H18Cl3N5O2S. The molecule has 0 bridgehead atoms. The lowest BCUT2D eigenvalue weighted by atomic mass is 10.2. The van der Waals surface area contributed by atoms with E-state index in [4.69, 9.17) is 34.8 Å². The summed E-state index contributed by atoms with van der Waals surface area (Å²) >= 11 is 19.2. The molecule has 1 heterocycles. The van der Waals surface area contributed by atoms with Crippen molar-refractivity contribution in [1.82, 2.24) is 20.1 Å². The number of para-hydroxylation sites is 1. The molecule has 31 heavy (non-hydrogen) atoms. The molecule has 162 valence electrons. The molecule has 0 aliphatic rings. The van der Waals surface area contributed by atoms with Gasteiger partial charge in [0.1, 0.15) is 0 Å². The van der Waals surface area contributed by atoms with Gasteiger partial charge in [0.2, 0.25) is 5.91 Å². The van der Waals surface area contributed by atoms with Crippen LogP contribution in [0.1, 0.15) is 29.1 Å². The molecule has 0 spiro atoms. The molecule has 11 heteroatoms. The lowest BCUT2D eigenvalue weighted by Gasteiger charge is -2.14. The van der Waals surface area contributed by atoms with Crippen molar-refractivity contribution in [3.8, 4) is 0 Å². The van der Waals surface area contributed by atoms with E-state index >= 15 is 0 Å². The summed E-state index contributed by atoms with van der Waals surface area (Å²) in [5.41, 5.74) is 0.932. The molecule has 2 N–H and O–H groups in total. The minimum Gasteiger partial charge on any atom is -0.342 e. The summed E-state index contributed by atoms with van der Waals surface area (Å²) in [6, 6.07) is 11.2. The summed E-state index contributed by atoms with van der Waals surface area (Å²) in [6.45, 7) is 1.79. The van der Waals surface area contributed by atoms with Gasteiger partial charge in [-0.05, 0) is 37.3 Å². The zero-order valence-electron chi connectivity index (χ0n) is 16.5. The first kappa shape index (κ1) is 23.4. The summed E-state index contributed by atoms with van der Waals surface area (Å²) in [7, 11) is 1.77. The number of hydrogen-bond acceptors (Lipinski definition) is 5. The average Bonchev–Trinajstić information content (AvgIpc) is 3.10. The normalized spacial score (nSPS) is 11.8. The largest absolute Gasteiger partial charge is 0.342 e. The number of anilines is 1. The quantitative estimate of drug-likeness (QED) is 0.448. The van der Waals surface area contributed by atoms with E-state index < -0.39 is 6.04 Å². The number of thioether (sulfide) groups is 1. The summed E-state index contributed by atoms with van der Waals surface area (Å²) in [6.07, 6.45) is 0. The highest BCUT2D eigenvalue weighted by atomic mass is 35.5. The Morgan fingerprint density at radius 1 is 1.06 bits per heavy atom. The van der Waals surface area contributed by atoms with Crippen LogP contribution >= 0.6 is 46.6 Å². The van der Waals surface area contributed by atoms with Crippen LogP contribution in [0.4, 0.5) is 5.69 Å². The van der Waals surface area contributed by atoms with Crippen molar-refractivity contribution >= 4 is 64.1 Å². The number of nitrogens with zero attached hydrogens (tertiary/aromatic N) is 3. The van der Waals surface area contributed by atoms with Crippen LogP contribution in [0.15, 0.2) is 47.6 Å². The Hall–Kier alpha value is -2.26. The van der Waals surface area contributed by atoms with Gasteiger partial charge in [-0.3, -0.25) is 9.59 Å². The molecule has 7 nitrogen and oxygen atoms in total. The van der Waals surface area contributed by atoms with E-state index in [9.17, 15) is 9.59 Å². The topological polar surface area (TPSA) is 88.9 Å². The highest BCUT2D eigenvalue weighted by molar-refractivity contribution is 7.99. The fourth-order valence-electron chi connectivity index (χ4n) is 2.69. The summed E-state index contributed by atoms with van der Waals surface area (Å²) in [4.78, 5) is 24.7. The zero-order chi connectivity index (χ0) is 22.5. The van der Waals surface area contributed by atoms with E-state index in [1.165, 1.54) is 17.8 Å². The lowest BCUT2D eigenvalue weighted by molar-refractivity contribution is -0.113. The maximum absolute atomic E-state index is 12.5. The van der Waals surface area contributed by atoms with Gasteiger partial charge in [0.15, 0.2) is 11.0 Å². The smallest absolute Gasteiger partial charge is 0.251 e. The minimum absolute atomic E-state index is 0.126. The number of amides is 2. The Balaban J connectivity index is 1.59. The van der Waals surface area contributed by atoms with E-state index in [2.05, 4.69) is 20.8 Å². The molecule has 3 aromatic rings.